The zero-order chi connectivity index (χ0) is 28.2. The standard InChI is InChI=1S/C29H27F5N2O4/c1-38-28(37)16-10-23(30)26(24(31)11-16)36-17-8-9-18(36)13-19(12-17)39-14-21-25(35-40-27(21)15-6-7-15)20-4-2-3-5-22(20)29(32,33)34/h2-5,10-11,15,17-19H,6-9,12-14H2,1H3. The fourth-order valence-electron chi connectivity index (χ4n) is 6.15. The Morgan fingerprint density at radius 1 is 1.05 bits per heavy atom. The van der Waals surface area contributed by atoms with Crippen molar-refractivity contribution in [1.82, 2.24) is 5.16 Å². The summed E-state index contributed by atoms with van der Waals surface area (Å²) in [6, 6.07) is 6.87. The van der Waals surface area contributed by atoms with Crippen molar-refractivity contribution in [1.29, 1.82) is 0 Å². The van der Waals surface area contributed by atoms with Crippen molar-refractivity contribution in [2.45, 2.75) is 75.4 Å². The van der Waals surface area contributed by atoms with Crippen molar-refractivity contribution in [2.24, 2.45) is 0 Å². The van der Waals surface area contributed by atoms with Gasteiger partial charge in [-0.1, -0.05) is 23.4 Å². The van der Waals surface area contributed by atoms with Gasteiger partial charge < -0.3 is 18.9 Å². The molecule has 11 heteroatoms. The van der Waals surface area contributed by atoms with Gasteiger partial charge in [-0.25, -0.2) is 13.6 Å². The van der Waals surface area contributed by atoms with Gasteiger partial charge in [0.2, 0.25) is 0 Å². The highest BCUT2D eigenvalue weighted by atomic mass is 19.4. The third kappa shape index (κ3) is 4.84. The third-order valence-corrected chi connectivity index (χ3v) is 8.10. The third-order valence-electron chi connectivity index (χ3n) is 8.10. The predicted octanol–water partition coefficient (Wildman–Crippen LogP) is 7.02. The minimum absolute atomic E-state index is 0.0253. The molecule has 40 heavy (non-hydrogen) atoms. The Morgan fingerprint density at radius 2 is 1.70 bits per heavy atom. The van der Waals surface area contributed by atoms with Crippen molar-refractivity contribution >= 4 is 11.7 Å². The first-order valence-electron chi connectivity index (χ1n) is 13.3. The molecule has 0 N–H and O–H groups in total. The van der Waals surface area contributed by atoms with Gasteiger partial charge in [-0.05, 0) is 56.7 Å². The number of ether oxygens (including phenoxy) is 2. The van der Waals surface area contributed by atoms with Crippen molar-refractivity contribution in [2.75, 3.05) is 12.0 Å². The van der Waals surface area contributed by atoms with E-state index in [2.05, 4.69) is 9.89 Å². The number of benzene rings is 2. The molecule has 1 aliphatic carbocycles. The number of aromatic nitrogens is 1. The van der Waals surface area contributed by atoms with Gasteiger partial charge in [0.15, 0.2) is 0 Å². The van der Waals surface area contributed by atoms with E-state index in [-0.39, 0.29) is 53.2 Å². The number of carbonyl (C=O) groups is 1. The van der Waals surface area contributed by atoms with Gasteiger partial charge in [0.25, 0.3) is 0 Å². The van der Waals surface area contributed by atoms with Crippen LogP contribution in [0.1, 0.15) is 71.7 Å². The molecular weight excluding hydrogens is 535 g/mol. The van der Waals surface area contributed by atoms with E-state index < -0.39 is 29.3 Å². The normalized spacial score (nSPS) is 22.6. The largest absolute Gasteiger partial charge is 0.465 e. The highest BCUT2D eigenvalue weighted by molar-refractivity contribution is 5.90. The first-order chi connectivity index (χ1) is 19.2. The number of esters is 1. The molecule has 0 amide bonds. The van der Waals surface area contributed by atoms with Crippen LogP contribution in [0.2, 0.25) is 0 Å². The Morgan fingerprint density at radius 3 is 2.30 bits per heavy atom. The van der Waals surface area contributed by atoms with E-state index in [9.17, 15) is 18.0 Å². The van der Waals surface area contributed by atoms with E-state index in [0.717, 1.165) is 38.2 Å². The molecule has 0 radical (unpaired) electrons. The number of hydrogen-bond donors (Lipinski definition) is 0. The van der Waals surface area contributed by atoms with Crippen molar-refractivity contribution < 1.29 is 40.7 Å². The second kappa shape index (κ2) is 10.2. The number of alkyl halides is 3. The van der Waals surface area contributed by atoms with E-state index >= 15 is 8.78 Å². The van der Waals surface area contributed by atoms with Crippen LogP contribution in [0.5, 0.6) is 0 Å². The monoisotopic (exact) mass is 562 g/mol. The molecule has 212 valence electrons. The van der Waals surface area contributed by atoms with E-state index in [1.165, 1.54) is 18.2 Å². The highest BCUT2D eigenvalue weighted by Crippen LogP contribution is 2.47. The maximum absolute atomic E-state index is 15.0. The number of rotatable bonds is 7. The molecule has 2 bridgehead atoms. The zero-order valence-electron chi connectivity index (χ0n) is 21.6. The lowest BCUT2D eigenvalue weighted by molar-refractivity contribution is -0.137. The van der Waals surface area contributed by atoms with Crippen LogP contribution in [0.3, 0.4) is 0 Å². The maximum atomic E-state index is 15.0. The smallest absolute Gasteiger partial charge is 0.417 e. The van der Waals surface area contributed by atoms with E-state index in [1.54, 1.807) is 4.90 Å². The van der Waals surface area contributed by atoms with Crippen LogP contribution in [0.4, 0.5) is 27.6 Å². The van der Waals surface area contributed by atoms with E-state index in [0.29, 0.717) is 37.0 Å². The minimum atomic E-state index is -4.56. The highest BCUT2D eigenvalue weighted by Gasteiger charge is 2.44. The fourth-order valence-corrected chi connectivity index (χ4v) is 6.15. The molecule has 2 aliphatic heterocycles. The number of piperidine rings is 1. The van der Waals surface area contributed by atoms with Gasteiger partial charge in [0.1, 0.15) is 28.8 Å². The van der Waals surface area contributed by atoms with Crippen LogP contribution in [-0.4, -0.2) is 36.4 Å². The summed E-state index contributed by atoms with van der Waals surface area (Å²) in [6.45, 7) is 0.0253. The van der Waals surface area contributed by atoms with Crippen molar-refractivity contribution in [3.05, 3.63) is 70.5 Å². The van der Waals surface area contributed by atoms with E-state index in [4.69, 9.17) is 9.26 Å². The molecule has 2 saturated heterocycles. The molecule has 2 atom stereocenters. The van der Waals surface area contributed by atoms with Crippen LogP contribution in [0, 0.1) is 11.6 Å². The summed E-state index contributed by atoms with van der Waals surface area (Å²) in [4.78, 5) is 13.5. The molecule has 6 rings (SSSR count). The van der Waals surface area contributed by atoms with Crippen LogP contribution in [-0.2, 0) is 22.3 Å². The molecule has 1 aromatic heterocycles. The fraction of sp³-hybridized carbons (Fsp3) is 0.448. The summed E-state index contributed by atoms with van der Waals surface area (Å²) in [5.74, 6) is -1.82. The van der Waals surface area contributed by atoms with Crippen molar-refractivity contribution in [3.8, 4) is 11.3 Å². The molecule has 3 heterocycles. The van der Waals surface area contributed by atoms with E-state index in [1.807, 2.05) is 0 Å². The lowest BCUT2D eigenvalue weighted by Crippen LogP contribution is -2.46. The summed E-state index contributed by atoms with van der Waals surface area (Å²) in [6.07, 6.45) is -0.659. The van der Waals surface area contributed by atoms with Gasteiger partial charge >= 0.3 is 12.1 Å². The summed E-state index contributed by atoms with van der Waals surface area (Å²) in [5, 5.41) is 4.05. The average molecular weight is 563 g/mol. The van der Waals surface area contributed by atoms with Gasteiger partial charge in [-0.3, -0.25) is 0 Å². The first-order valence-corrected chi connectivity index (χ1v) is 13.3. The summed E-state index contributed by atoms with van der Waals surface area (Å²) in [7, 11) is 1.14. The molecule has 3 fully saturated rings. The molecule has 3 aromatic rings. The van der Waals surface area contributed by atoms with Gasteiger partial charge in [-0.2, -0.15) is 13.2 Å². The van der Waals surface area contributed by atoms with Crippen molar-refractivity contribution in [3.63, 3.8) is 0 Å². The Labute approximate surface area is 227 Å². The van der Waals surface area contributed by atoms with Gasteiger partial charge in [0.05, 0.1) is 30.9 Å². The topological polar surface area (TPSA) is 64.8 Å². The van der Waals surface area contributed by atoms with Crippen LogP contribution in [0.25, 0.3) is 11.3 Å². The average Bonchev–Trinajstić information content (AvgIpc) is 3.63. The lowest BCUT2D eigenvalue weighted by Gasteiger charge is -2.40. The Hall–Kier alpha value is -3.47. The number of fused-ring (bicyclic) bond motifs is 2. The second-order valence-corrected chi connectivity index (χ2v) is 10.7. The Bertz CT molecular complexity index is 1400. The van der Waals surface area contributed by atoms with Crippen LogP contribution in [0.15, 0.2) is 40.9 Å². The minimum Gasteiger partial charge on any atom is -0.465 e. The molecule has 2 aromatic carbocycles. The number of halogens is 5. The summed E-state index contributed by atoms with van der Waals surface area (Å²) in [5.41, 5.74) is -0.565. The number of nitrogens with zero attached hydrogens (tertiary/aromatic N) is 2. The Kier molecular flexibility index (Phi) is 6.80. The molecule has 6 nitrogen and oxygen atoms in total. The number of carbonyl (C=O) groups excluding carboxylic acids is 1. The predicted molar refractivity (Wildman–Crippen MR) is 134 cm³/mol. The number of hydrogen-bond acceptors (Lipinski definition) is 6. The quantitative estimate of drug-likeness (QED) is 0.228. The molecule has 0 spiro atoms. The summed E-state index contributed by atoms with van der Waals surface area (Å²) >= 11 is 0. The molecular formula is C29H27F5N2O4. The summed E-state index contributed by atoms with van der Waals surface area (Å²) < 4.78 is 87.7. The van der Waals surface area contributed by atoms with Crippen LogP contribution < -0.4 is 4.90 Å². The SMILES string of the molecule is COC(=O)c1cc(F)c(N2C3CCC2CC(OCc2c(-c4ccccc4C(F)(F)F)noc2C2CC2)C3)c(F)c1. The van der Waals surface area contributed by atoms with Gasteiger partial charge in [-0.15, -0.1) is 0 Å². The number of anilines is 1. The maximum Gasteiger partial charge on any atom is 0.417 e. The molecule has 1 saturated carbocycles. The first kappa shape index (κ1) is 26.7. The lowest BCUT2D eigenvalue weighted by atomic mass is 9.97. The Balaban J connectivity index is 1.22. The zero-order valence-corrected chi connectivity index (χ0v) is 21.6. The number of methoxy groups -OCH3 is 1. The van der Waals surface area contributed by atoms with Crippen LogP contribution >= 0.6 is 0 Å². The second-order valence-electron chi connectivity index (χ2n) is 10.7. The molecule has 3 aliphatic rings. The molecule has 2 unspecified atom stereocenters. The van der Waals surface area contributed by atoms with Gasteiger partial charge in [0, 0.05) is 29.1 Å².